The first-order valence-electron chi connectivity index (χ1n) is 4.18. The minimum absolute atomic E-state index is 0.0726. The lowest BCUT2D eigenvalue weighted by Crippen LogP contribution is -1.94. The minimum atomic E-state index is -0.553. The Kier molecular flexibility index (Phi) is 3.73. The molecule has 1 aromatic carbocycles. The second-order valence-corrected chi connectivity index (χ2v) is 3.87. The predicted molar refractivity (Wildman–Crippen MR) is 61.4 cm³/mol. The molecule has 0 bridgehead atoms. The van der Waals surface area contributed by atoms with E-state index >= 15 is 0 Å². The molecule has 0 amide bonds. The van der Waals surface area contributed by atoms with Crippen LogP contribution in [0.25, 0.3) is 6.08 Å². The maximum Gasteiger partial charge on any atom is 0.284 e. The molecule has 0 saturated carbocycles. The lowest BCUT2D eigenvalue weighted by Gasteiger charge is -1.97. The van der Waals surface area contributed by atoms with Crippen molar-refractivity contribution in [2.75, 3.05) is 0 Å². The van der Waals surface area contributed by atoms with Crippen LogP contribution in [0.15, 0.2) is 28.4 Å². The van der Waals surface area contributed by atoms with Crippen LogP contribution in [0, 0.1) is 20.2 Å². The number of benzene rings is 1. The molecule has 1 rings (SSSR count). The summed E-state index contributed by atoms with van der Waals surface area (Å²) in [5.41, 5.74) is 0.227. The average Bonchev–Trinajstić information content (AvgIpc) is 2.20. The standard InChI is InChI=1S/C9H7BrN2O4/c1-6(11(13)14)4-7-2-3-8(10)9(5-7)12(15)16/h2-5H,1H3. The summed E-state index contributed by atoms with van der Waals surface area (Å²) in [5.74, 6) is 0. The third-order valence-corrected chi connectivity index (χ3v) is 2.50. The van der Waals surface area contributed by atoms with E-state index in [1.165, 1.54) is 25.1 Å². The number of nitro groups is 2. The first kappa shape index (κ1) is 12.3. The fourth-order valence-corrected chi connectivity index (χ4v) is 1.44. The van der Waals surface area contributed by atoms with Crippen LogP contribution in [0.5, 0.6) is 0 Å². The summed E-state index contributed by atoms with van der Waals surface area (Å²) in [6.45, 7) is 1.33. The van der Waals surface area contributed by atoms with E-state index in [1.54, 1.807) is 6.07 Å². The van der Waals surface area contributed by atoms with Crippen molar-refractivity contribution in [1.82, 2.24) is 0 Å². The monoisotopic (exact) mass is 286 g/mol. The molecular weight excluding hydrogens is 280 g/mol. The van der Waals surface area contributed by atoms with Gasteiger partial charge in [0.2, 0.25) is 5.70 Å². The number of nitro benzene ring substituents is 1. The van der Waals surface area contributed by atoms with Gasteiger partial charge in [0.15, 0.2) is 0 Å². The molecule has 6 nitrogen and oxygen atoms in total. The minimum Gasteiger partial charge on any atom is -0.259 e. The summed E-state index contributed by atoms with van der Waals surface area (Å²) in [4.78, 5) is 19.9. The number of allylic oxidation sites excluding steroid dienone is 1. The zero-order valence-corrected chi connectivity index (χ0v) is 9.80. The lowest BCUT2D eigenvalue weighted by molar-refractivity contribution is -0.422. The molecule has 1 aromatic rings. The lowest BCUT2D eigenvalue weighted by atomic mass is 10.2. The van der Waals surface area contributed by atoms with Gasteiger partial charge in [-0.15, -0.1) is 0 Å². The summed E-state index contributed by atoms with van der Waals surface area (Å²) in [7, 11) is 0. The van der Waals surface area contributed by atoms with E-state index in [9.17, 15) is 20.2 Å². The summed E-state index contributed by atoms with van der Waals surface area (Å²) in [6, 6.07) is 4.32. The molecule has 0 aromatic heterocycles. The van der Waals surface area contributed by atoms with Crippen LogP contribution < -0.4 is 0 Å². The second kappa shape index (κ2) is 4.84. The van der Waals surface area contributed by atoms with Crippen LogP contribution in [-0.4, -0.2) is 9.85 Å². The Morgan fingerprint density at radius 3 is 2.50 bits per heavy atom. The molecule has 0 atom stereocenters. The van der Waals surface area contributed by atoms with E-state index in [0.29, 0.717) is 10.0 Å². The molecule has 0 saturated heterocycles. The third kappa shape index (κ3) is 2.86. The van der Waals surface area contributed by atoms with Gasteiger partial charge >= 0.3 is 0 Å². The fourth-order valence-electron chi connectivity index (χ4n) is 1.05. The van der Waals surface area contributed by atoms with E-state index in [0.717, 1.165) is 0 Å². The zero-order chi connectivity index (χ0) is 12.3. The summed E-state index contributed by atoms with van der Waals surface area (Å²) in [6.07, 6.45) is 1.28. The van der Waals surface area contributed by atoms with Gasteiger partial charge in [-0.05, 0) is 27.6 Å². The van der Waals surface area contributed by atoms with Gasteiger partial charge in [-0.25, -0.2) is 0 Å². The normalized spacial score (nSPS) is 11.2. The molecule has 0 unspecified atom stereocenters. The Morgan fingerprint density at radius 2 is 2.00 bits per heavy atom. The largest absolute Gasteiger partial charge is 0.284 e. The van der Waals surface area contributed by atoms with Gasteiger partial charge in [0, 0.05) is 19.1 Å². The van der Waals surface area contributed by atoms with Gasteiger partial charge in [0.25, 0.3) is 5.69 Å². The highest BCUT2D eigenvalue weighted by molar-refractivity contribution is 9.10. The fraction of sp³-hybridized carbons (Fsp3) is 0.111. The van der Waals surface area contributed by atoms with Gasteiger partial charge in [-0.2, -0.15) is 0 Å². The maximum absolute atomic E-state index is 10.6. The van der Waals surface area contributed by atoms with Crippen molar-refractivity contribution in [3.05, 3.63) is 54.2 Å². The second-order valence-electron chi connectivity index (χ2n) is 3.01. The van der Waals surface area contributed by atoms with Crippen molar-refractivity contribution in [3.63, 3.8) is 0 Å². The van der Waals surface area contributed by atoms with Crippen molar-refractivity contribution in [3.8, 4) is 0 Å². The summed E-state index contributed by atoms with van der Waals surface area (Å²) >= 11 is 3.03. The number of nitrogens with zero attached hydrogens (tertiary/aromatic N) is 2. The van der Waals surface area contributed by atoms with E-state index < -0.39 is 9.85 Å². The number of hydrogen-bond donors (Lipinski definition) is 0. The third-order valence-electron chi connectivity index (χ3n) is 1.83. The molecule has 7 heteroatoms. The quantitative estimate of drug-likeness (QED) is 0.631. The molecule has 0 radical (unpaired) electrons. The summed E-state index contributed by atoms with van der Waals surface area (Å²) < 4.78 is 0.341. The average molecular weight is 287 g/mol. The van der Waals surface area contributed by atoms with Crippen molar-refractivity contribution < 1.29 is 9.85 Å². The number of rotatable bonds is 3. The van der Waals surface area contributed by atoms with Crippen LogP contribution in [-0.2, 0) is 0 Å². The first-order valence-corrected chi connectivity index (χ1v) is 4.97. The first-order chi connectivity index (χ1) is 7.41. The van der Waals surface area contributed by atoms with Gasteiger partial charge in [-0.3, -0.25) is 20.2 Å². The van der Waals surface area contributed by atoms with Gasteiger partial charge < -0.3 is 0 Å². The Morgan fingerprint density at radius 1 is 1.38 bits per heavy atom. The SMILES string of the molecule is CC(=Cc1ccc(Br)c([N+](=O)[O-])c1)[N+](=O)[O-]. The van der Waals surface area contributed by atoms with Gasteiger partial charge in [0.05, 0.1) is 14.3 Å². The summed E-state index contributed by atoms with van der Waals surface area (Å²) in [5, 5.41) is 21.0. The molecule has 0 aliphatic carbocycles. The van der Waals surface area contributed by atoms with Gasteiger partial charge in [0.1, 0.15) is 0 Å². The molecule has 0 N–H and O–H groups in total. The zero-order valence-electron chi connectivity index (χ0n) is 8.21. The highest BCUT2D eigenvalue weighted by atomic mass is 79.9. The number of halogens is 1. The van der Waals surface area contributed by atoms with Crippen LogP contribution in [0.3, 0.4) is 0 Å². The Bertz CT molecular complexity index is 484. The number of hydrogen-bond acceptors (Lipinski definition) is 4. The van der Waals surface area contributed by atoms with E-state index in [4.69, 9.17) is 0 Å². The molecule has 16 heavy (non-hydrogen) atoms. The molecule has 0 aliphatic heterocycles. The smallest absolute Gasteiger partial charge is 0.259 e. The van der Waals surface area contributed by atoms with E-state index in [-0.39, 0.29) is 11.4 Å². The topological polar surface area (TPSA) is 86.3 Å². The van der Waals surface area contributed by atoms with Crippen molar-refractivity contribution in [2.45, 2.75) is 6.92 Å². The van der Waals surface area contributed by atoms with Crippen LogP contribution in [0.4, 0.5) is 5.69 Å². The van der Waals surface area contributed by atoms with Gasteiger partial charge in [-0.1, -0.05) is 6.07 Å². The van der Waals surface area contributed by atoms with Crippen molar-refractivity contribution >= 4 is 27.7 Å². The molecule has 0 aliphatic rings. The molecule has 0 heterocycles. The molecular formula is C9H7BrN2O4. The molecule has 0 fully saturated rings. The van der Waals surface area contributed by atoms with E-state index in [2.05, 4.69) is 15.9 Å². The Balaban J connectivity index is 3.18. The van der Waals surface area contributed by atoms with E-state index in [1.807, 2.05) is 0 Å². The van der Waals surface area contributed by atoms with Crippen LogP contribution in [0.2, 0.25) is 0 Å². The Hall–Kier alpha value is -1.76. The van der Waals surface area contributed by atoms with Crippen molar-refractivity contribution in [1.29, 1.82) is 0 Å². The van der Waals surface area contributed by atoms with Crippen LogP contribution >= 0.6 is 15.9 Å². The van der Waals surface area contributed by atoms with Crippen LogP contribution in [0.1, 0.15) is 12.5 Å². The molecule has 84 valence electrons. The molecule has 0 spiro atoms. The Labute approximate surface area is 99.0 Å². The highest BCUT2D eigenvalue weighted by Crippen LogP contribution is 2.26. The predicted octanol–water partition coefficient (Wildman–Crippen LogP) is 2.99. The maximum atomic E-state index is 10.6. The van der Waals surface area contributed by atoms with Crippen molar-refractivity contribution in [2.24, 2.45) is 0 Å². The highest BCUT2D eigenvalue weighted by Gasteiger charge is 2.12.